The van der Waals surface area contributed by atoms with E-state index in [1.807, 2.05) is 11.9 Å². The minimum absolute atomic E-state index is 0.0255. The van der Waals surface area contributed by atoms with E-state index in [2.05, 4.69) is 21.2 Å². The second-order valence-electron chi connectivity index (χ2n) is 4.36. The van der Waals surface area contributed by atoms with E-state index in [0.29, 0.717) is 16.3 Å². The molecule has 1 fully saturated rings. The molecule has 0 saturated carbocycles. The number of nitrogens with one attached hydrogen (secondary N) is 1. The zero-order valence-electron chi connectivity index (χ0n) is 9.91. The van der Waals surface area contributed by atoms with Crippen molar-refractivity contribution >= 4 is 21.8 Å². The highest BCUT2D eigenvalue weighted by Gasteiger charge is 2.24. The van der Waals surface area contributed by atoms with Gasteiger partial charge in [0, 0.05) is 13.1 Å². The lowest BCUT2D eigenvalue weighted by atomic mass is 10.1. The summed E-state index contributed by atoms with van der Waals surface area (Å²) in [5.41, 5.74) is 0.602. The molecular formula is C12H17BrN2O2. The second-order valence-corrected chi connectivity index (χ2v) is 5.08. The number of carbonyl (C=O) groups is 1. The van der Waals surface area contributed by atoms with Crippen molar-refractivity contribution in [2.24, 2.45) is 0 Å². The van der Waals surface area contributed by atoms with E-state index in [1.54, 1.807) is 6.07 Å². The van der Waals surface area contributed by atoms with Crippen molar-refractivity contribution in [3.8, 4) is 0 Å². The predicted octanol–water partition coefficient (Wildman–Crippen LogP) is 2.26. The lowest BCUT2D eigenvalue weighted by Gasteiger charge is -2.26. The molecular weight excluding hydrogens is 284 g/mol. The van der Waals surface area contributed by atoms with E-state index in [1.165, 1.54) is 6.26 Å². The summed E-state index contributed by atoms with van der Waals surface area (Å²) in [6.07, 6.45) is 4.72. The second kappa shape index (κ2) is 5.69. The molecule has 2 heterocycles. The first-order valence-electron chi connectivity index (χ1n) is 5.91. The SMILES string of the molecule is CN(C(=O)c1ccoc1Br)C1CCCNCC1. The van der Waals surface area contributed by atoms with Crippen LogP contribution < -0.4 is 5.32 Å². The molecule has 0 aromatic carbocycles. The molecule has 1 aromatic rings. The smallest absolute Gasteiger partial charge is 0.258 e. The summed E-state index contributed by atoms with van der Waals surface area (Å²) in [6, 6.07) is 2.03. The van der Waals surface area contributed by atoms with Crippen LogP contribution in [0, 0.1) is 0 Å². The van der Waals surface area contributed by atoms with Crippen molar-refractivity contribution in [3.63, 3.8) is 0 Å². The summed E-state index contributed by atoms with van der Waals surface area (Å²) in [7, 11) is 1.87. The molecule has 1 aliphatic rings. The van der Waals surface area contributed by atoms with Crippen LogP contribution >= 0.6 is 15.9 Å². The van der Waals surface area contributed by atoms with Crippen LogP contribution in [-0.4, -0.2) is 37.0 Å². The van der Waals surface area contributed by atoms with Crippen LogP contribution in [-0.2, 0) is 0 Å². The molecule has 1 aromatic heterocycles. The first-order valence-corrected chi connectivity index (χ1v) is 6.70. The molecule has 5 heteroatoms. The van der Waals surface area contributed by atoms with Gasteiger partial charge in [-0.3, -0.25) is 4.79 Å². The van der Waals surface area contributed by atoms with Crippen molar-refractivity contribution in [1.82, 2.24) is 10.2 Å². The quantitative estimate of drug-likeness (QED) is 0.911. The molecule has 1 N–H and O–H groups in total. The fraction of sp³-hybridized carbons (Fsp3) is 0.583. The van der Waals surface area contributed by atoms with Gasteiger partial charge in [-0.1, -0.05) is 0 Å². The molecule has 0 aliphatic carbocycles. The highest BCUT2D eigenvalue weighted by Crippen LogP contribution is 2.21. The van der Waals surface area contributed by atoms with Crippen molar-refractivity contribution in [3.05, 3.63) is 22.6 Å². The van der Waals surface area contributed by atoms with Crippen LogP contribution in [0.15, 0.2) is 21.4 Å². The van der Waals surface area contributed by atoms with Gasteiger partial charge in [-0.25, -0.2) is 0 Å². The fourth-order valence-electron chi connectivity index (χ4n) is 2.19. The number of furan rings is 1. The molecule has 1 saturated heterocycles. The van der Waals surface area contributed by atoms with Gasteiger partial charge in [-0.2, -0.15) is 0 Å². The highest BCUT2D eigenvalue weighted by molar-refractivity contribution is 9.10. The maximum absolute atomic E-state index is 12.3. The molecule has 1 amide bonds. The Morgan fingerprint density at radius 1 is 1.53 bits per heavy atom. The van der Waals surface area contributed by atoms with E-state index in [9.17, 15) is 4.79 Å². The molecule has 0 bridgehead atoms. The number of halogens is 1. The van der Waals surface area contributed by atoms with Crippen LogP contribution in [0.4, 0.5) is 0 Å². The molecule has 94 valence electrons. The van der Waals surface area contributed by atoms with Crippen LogP contribution in [0.3, 0.4) is 0 Å². The number of amides is 1. The normalized spacial score (nSPS) is 20.9. The van der Waals surface area contributed by atoms with Crippen molar-refractivity contribution in [2.45, 2.75) is 25.3 Å². The highest BCUT2D eigenvalue weighted by atomic mass is 79.9. The molecule has 1 aliphatic heterocycles. The molecule has 2 rings (SSSR count). The number of rotatable bonds is 2. The zero-order valence-corrected chi connectivity index (χ0v) is 11.5. The van der Waals surface area contributed by atoms with E-state index in [-0.39, 0.29) is 5.91 Å². The van der Waals surface area contributed by atoms with Gasteiger partial charge in [0.05, 0.1) is 11.8 Å². The standard InChI is InChI=1S/C12H17BrN2O2/c1-15(9-3-2-6-14-7-4-9)12(16)10-5-8-17-11(10)13/h5,8-9,14H,2-4,6-7H2,1H3. The third-order valence-corrected chi connectivity index (χ3v) is 3.88. The van der Waals surface area contributed by atoms with Gasteiger partial charge >= 0.3 is 0 Å². The summed E-state index contributed by atoms with van der Waals surface area (Å²) in [5, 5.41) is 3.35. The largest absolute Gasteiger partial charge is 0.457 e. The first-order chi connectivity index (χ1) is 8.20. The molecule has 4 nitrogen and oxygen atoms in total. The Labute approximate surface area is 109 Å². The number of hydrogen-bond acceptors (Lipinski definition) is 3. The Balaban J connectivity index is 2.06. The minimum atomic E-state index is 0.0255. The first kappa shape index (κ1) is 12.6. The number of carbonyl (C=O) groups excluding carboxylic acids is 1. The molecule has 0 spiro atoms. The van der Waals surface area contributed by atoms with E-state index in [4.69, 9.17) is 4.42 Å². The van der Waals surface area contributed by atoms with Crippen LogP contribution in [0.1, 0.15) is 29.6 Å². The Morgan fingerprint density at radius 2 is 2.35 bits per heavy atom. The maximum Gasteiger partial charge on any atom is 0.258 e. The zero-order chi connectivity index (χ0) is 12.3. The Bertz CT molecular complexity index is 384. The lowest BCUT2D eigenvalue weighted by molar-refractivity contribution is 0.0718. The average Bonchev–Trinajstić information content (AvgIpc) is 2.60. The summed E-state index contributed by atoms with van der Waals surface area (Å²) >= 11 is 3.25. The Kier molecular flexibility index (Phi) is 4.23. The average molecular weight is 301 g/mol. The van der Waals surface area contributed by atoms with Crippen molar-refractivity contribution in [1.29, 1.82) is 0 Å². The van der Waals surface area contributed by atoms with Gasteiger partial charge in [0.1, 0.15) is 0 Å². The lowest BCUT2D eigenvalue weighted by Crippen LogP contribution is -2.37. The van der Waals surface area contributed by atoms with Crippen LogP contribution in [0.5, 0.6) is 0 Å². The third kappa shape index (κ3) is 2.90. The van der Waals surface area contributed by atoms with E-state index in [0.717, 1.165) is 32.4 Å². The van der Waals surface area contributed by atoms with Gasteiger partial charge in [0.2, 0.25) is 0 Å². The predicted molar refractivity (Wildman–Crippen MR) is 69.0 cm³/mol. The van der Waals surface area contributed by atoms with Gasteiger partial charge in [0.15, 0.2) is 4.67 Å². The summed E-state index contributed by atoms with van der Waals surface area (Å²) in [4.78, 5) is 14.1. The van der Waals surface area contributed by atoms with Gasteiger partial charge in [-0.05, 0) is 54.3 Å². The summed E-state index contributed by atoms with van der Waals surface area (Å²) in [6.45, 7) is 2.03. The Morgan fingerprint density at radius 3 is 3.06 bits per heavy atom. The third-order valence-electron chi connectivity index (χ3n) is 3.26. The molecule has 1 unspecified atom stereocenters. The number of hydrogen-bond donors (Lipinski definition) is 1. The van der Waals surface area contributed by atoms with Crippen LogP contribution in [0.2, 0.25) is 0 Å². The minimum Gasteiger partial charge on any atom is -0.457 e. The van der Waals surface area contributed by atoms with Gasteiger partial charge in [-0.15, -0.1) is 0 Å². The fourth-order valence-corrected chi connectivity index (χ4v) is 2.60. The molecule has 0 radical (unpaired) electrons. The molecule has 1 atom stereocenters. The Hall–Kier alpha value is -0.810. The van der Waals surface area contributed by atoms with Crippen molar-refractivity contribution in [2.75, 3.05) is 20.1 Å². The topological polar surface area (TPSA) is 45.5 Å². The maximum atomic E-state index is 12.3. The summed E-state index contributed by atoms with van der Waals surface area (Å²) < 4.78 is 5.62. The summed E-state index contributed by atoms with van der Waals surface area (Å²) in [5.74, 6) is 0.0255. The monoisotopic (exact) mass is 300 g/mol. The van der Waals surface area contributed by atoms with Crippen LogP contribution in [0.25, 0.3) is 0 Å². The van der Waals surface area contributed by atoms with Gasteiger partial charge in [0.25, 0.3) is 5.91 Å². The van der Waals surface area contributed by atoms with Crippen molar-refractivity contribution < 1.29 is 9.21 Å². The molecule has 17 heavy (non-hydrogen) atoms. The van der Waals surface area contributed by atoms with E-state index >= 15 is 0 Å². The van der Waals surface area contributed by atoms with E-state index < -0.39 is 0 Å². The number of nitrogens with zero attached hydrogens (tertiary/aromatic N) is 1. The van der Waals surface area contributed by atoms with Gasteiger partial charge < -0.3 is 14.6 Å².